The van der Waals surface area contributed by atoms with E-state index in [1.54, 1.807) is 5.56 Å². The molecule has 18 heavy (non-hydrogen) atoms. The summed E-state index contributed by atoms with van der Waals surface area (Å²) in [5.41, 5.74) is 3.03. The third kappa shape index (κ3) is 3.35. The van der Waals surface area contributed by atoms with E-state index in [1.165, 1.54) is 37.9 Å². The van der Waals surface area contributed by atoms with Crippen LogP contribution in [-0.2, 0) is 6.42 Å². The van der Waals surface area contributed by atoms with Crippen molar-refractivity contribution in [3.8, 4) is 0 Å². The molecule has 1 heterocycles. The summed E-state index contributed by atoms with van der Waals surface area (Å²) < 4.78 is 0. The maximum absolute atomic E-state index is 3.52. The van der Waals surface area contributed by atoms with Crippen molar-refractivity contribution >= 4 is 0 Å². The fourth-order valence-corrected chi connectivity index (χ4v) is 3.16. The largest absolute Gasteiger partial charge is 0.316 e. The molecule has 0 radical (unpaired) electrons. The molecule has 0 spiro atoms. The molecule has 2 rings (SSSR count). The van der Waals surface area contributed by atoms with Crippen molar-refractivity contribution in [3.05, 3.63) is 35.4 Å². The van der Waals surface area contributed by atoms with Crippen molar-refractivity contribution in [1.82, 2.24) is 5.32 Å². The molecule has 1 saturated heterocycles. The number of rotatable bonds is 4. The topological polar surface area (TPSA) is 12.0 Å². The number of piperidine rings is 1. The molecular weight excluding hydrogens is 218 g/mol. The van der Waals surface area contributed by atoms with Gasteiger partial charge in [0, 0.05) is 0 Å². The minimum atomic E-state index is 0.748. The van der Waals surface area contributed by atoms with Gasteiger partial charge in [0.25, 0.3) is 0 Å². The maximum Gasteiger partial charge on any atom is -0.00148 e. The predicted octanol–water partition coefficient (Wildman–Crippen LogP) is 3.99. The standard InChI is InChI=1S/C17H27N/c1-4-15-12-18-10-9-17(15)16-7-5-14(6-8-16)11-13(2)3/h5-8,13,15,17-18H,4,9-12H2,1-3H3. The number of benzene rings is 1. The van der Waals surface area contributed by atoms with Gasteiger partial charge in [-0.1, -0.05) is 51.5 Å². The number of nitrogens with one attached hydrogen (secondary N) is 1. The maximum atomic E-state index is 3.52. The molecule has 2 atom stereocenters. The van der Waals surface area contributed by atoms with Crippen LogP contribution in [0.2, 0.25) is 0 Å². The Labute approximate surface area is 112 Å². The zero-order valence-corrected chi connectivity index (χ0v) is 12.1. The van der Waals surface area contributed by atoms with Crippen LogP contribution in [0.1, 0.15) is 50.7 Å². The Balaban J connectivity index is 2.07. The summed E-state index contributed by atoms with van der Waals surface area (Å²) in [7, 11) is 0. The van der Waals surface area contributed by atoms with Crippen molar-refractivity contribution in [3.63, 3.8) is 0 Å². The molecular formula is C17H27N. The first-order valence-electron chi connectivity index (χ1n) is 7.50. The SMILES string of the molecule is CCC1CNCCC1c1ccc(CC(C)C)cc1. The molecule has 1 aromatic carbocycles. The predicted molar refractivity (Wildman–Crippen MR) is 79.0 cm³/mol. The molecule has 0 aromatic heterocycles. The van der Waals surface area contributed by atoms with Gasteiger partial charge in [0.05, 0.1) is 0 Å². The van der Waals surface area contributed by atoms with Crippen LogP contribution in [0.4, 0.5) is 0 Å². The first-order valence-corrected chi connectivity index (χ1v) is 7.50. The zero-order valence-electron chi connectivity index (χ0n) is 12.1. The second-order valence-corrected chi connectivity index (χ2v) is 6.11. The highest BCUT2D eigenvalue weighted by Crippen LogP contribution is 2.32. The van der Waals surface area contributed by atoms with Crippen molar-refractivity contribution < 1.29 is 0 Å². The number of hydrogen-bond donors (Lipinski definition) is 1. The normalized spacial score (nSPS) is 24.4. The molecule has 1 heteroatoms. The molecule has 1 fully saturated rings. The third-order valence-corrected chi connectivity index (χ3v) is 4.18. The average molecular weight is 245 g/mol. The Morgan fingerprint density at radius 1 is 1.22 bits per heavy atom. The van der Waals surface area contributed by atoms with E-state index in [9.17, 15) is 0 Å². The van der Waals surface area contributed by atoms with Crippen molar-refractivity contribution in [2.45, 2.75) is 46.0 Å². The quantitative estimate of drug-likeness (QED) is 0.846. The van der Waals surface area contributed by atoms with Crippen LogP contribution in [0.25, 0.3) is 0 Å². The molecule has 0 bridgehead atoms. The van der Waals surface area contributed by atoms with E-state index in [0.29, 0.717) is 0 Å². The van der Waals surface area contributed by atoms with Crippen molar-refractivity contribution in [1.29, 1.82) is 0 Å². The lowest BCUT2D eigenvalue weighted by atomic mass is 9.79. The van der Waals surface area contributed by atoms with Crippen LogP contribution >= 0.6 is 0 Å². The van der Waals surface area contributed by atoms with Gasteiger partial charge in [0.2, 0.25) is 0 Å². The molecule has 0 saturated carbocycles. The van der Waals surface area contributed by atoms with Gasteiger partial charge in [0.1, 0.15) is 0 Å². The Kier molecular flexibility index (Phi) is 4.82. The van der Waals surface area contributed by atoms with E-state index in [0.717, 1.165) is 17.8 Å². The van der Waals surface area contributed by atoms with Crippen LogP contribution < -0.4 is 5.32 Å². The summed E-state index contributed by atoms with van der Waals surface area (Å²) in [5.74, 6) is 2.33. The van der Waals surface area contributed by atoms with E-state index in [2.05, 4.69) is 50.4 Å². The first kappa shape index (κ1) is 13.6. The number of hydrogen-bond acceptors (Lipinski definition) is 1. The van der Waals surface area contributed by atoms with Gasteiger partial charge in [-0.15, -0.1) is 0 Å². The summed E-state index contributed by atoms with van der Waals surface area (Å²) in [4.78, 5) is 0. The molecule has 100 valence electrons. The molecule has 1 aromatic rings. The van der Waals surface area contributed by atoms with Gasteiger partial charge in [-0.25, -0.2) is 0 Å². The molecule has 1 N–H and O–H groups in total. The van der Waals surface area contributed by atoms with Crippen molar-refractivity contribution in [2.75, 3.05) is 13.1 Å². The third-order valence-electron chi connectivity index (χ3n) is 4.18. The minimum absolute atomic E-state index is 0.748. The summed E-state index contributed by atoms with van der Waals surface area (Å²) >= 11 is 0. The van der Waals surface area contributed by atoms with E-state index in [1.807, 2.05) is 0 Å². The fraction of sp³-hybridized carbons (Fsp3) is 0.647. The van der Waals surface area contributed by atoms with Gasteiger partial charge in [-0.2, -0.15) is 0 Å². The summed E-state index contributed by atoms with van der Waals surface area (Å²) in [6, 6.07) is 9.42. The molecule has 1 aliphatic heterocycles. The summed E-state index contributed by atoms with van der Waals surface area (Å²) in [5, 5.41) is 3.52. The minimum Gasteiger partial charge on any atom is -0.316 e. The van der Waals surface area contributed by atoms with Gasteiger partial charge >= 0.3 is 0 Å². The second kappa shape index (κ2) is 6.38. The highest BCUT2D eigenvalue weighted by Gasteiger charge is 2.24. The van der Waals surface area contributed by atoms with E-state index in [4.69, 9.17) is 0 Å². The van der Waals surface area contributed by atoms with Gasteiger partial charge < -0.3 is 5.32 Å². The van der Waals surface area contributed by atoms with Crippen LogP contribution in [-0.4, -0.2) is 13.1 Å². The highest BCUT2D eigenvalue weighted by atomic mass is 14.9. The van der Waals surface area contributed by atoms with Gasteiger partial charge in [0.15, 0.2) is 0 Å². The molecule has 1 aliphatic rings. The Morgan fingerprint density at radius 2 is 1.94 bits per heavy atom. The van der Waals surface area contributed by atoms with Crippen LogP contribution in [0.3, 0.4) is 0 Å². The van der Waals surface area contributed by atoms with Crippen LogP contribution in [0.5, 0.6) is 0 Å². The van der Waals surface area contributed by atoms with Crippen LogP contribution in [0.15, 0.2) is 24.3 Å². The summed E-state index contributed by atoms with van der Waals surface area (Å²) in [6.45, 7) is 9.25. The molecule has 2 unspecified atom stereocenters. The van der Waals surface area contributed by atoms with E-state index in [-0.39, 0.29) is 0 Å². The first-order chi connectivity index (χ1) is 8.70. The lowest BCUT2D eigenvalue weighted by molar-refractivity contribution is 0.318. The highest BCUT2D eigenvalue weighted by molar-refractivity contribution is 5.26. The average Bonchev–Trinajstić information content (AvgIpc) is 2.39. The Bertz CT molecular complexity index is 352. The van der Waals surface area contributed by atoms with E-state index < -0.39 is 0 Å². The lowest BCUT2D eigenvalue weighted by Crippen LogP contribution is -2.35. The second-order valence-electron chi connectivity index (χ2n) is 6.11. The summed E-state index contributed by atoms with van der Waals surface area (Å²) in [6.07, 6.45) is 3.77. The molecule has 0 amide bonds. The Morgan fingerprint density at radius 3 is 2.56 bits per heavy atom. The van der Waals surface area contributed by atoms with Crippen LogP contribution in [0, 0.1) is 11.8 Å². The monoisotopic (exact) mass is 245 g/mol. The van der Waals surface area contributed by atoms with Gasteiger partial charge in [-0.05, 0) is 54.8 Å². The van der Waals surface area contributed by atoms with Gasteiger partial charge in [-0.3, -0.25) is 0 Å². The molecule has 0 aliphatic carbocycles. The van der Waals surface area contributed by atoms with E-state index >= 15 is 0 Å². The zero-order chi connectivity index (χ0) is 13.0. The van der Waals surface area contributed by atoms with Crippen molar-refractivity contribution in [2.24, 2.45) is 11.8 Å². The Hall–Kier alpha value is -0.820. The molecule has 1 nitrogen and oxygen atoms in total. The fourth-order valence-electron chi connectivity index (χ4n) is 3.16. The lowest BCUT2D eigenvalue weighted by Gasteiger charge is -2.32. The smallest absolute Gasteiger partial charge is 0.00148 e.